The molecule has 1 aromatic carbocycles. The molecular weight excluding hydrogens is 330 g/mol. The number of furan rings is 1. The van der Waals surface area contributed by atoms with Gasteiger partial charge >= 0.3 is 0 Å². The first kappa shape index (κ1) is 16.4. The van der Waals surface area contributed by atoms with Gasteiger partial charge in [0.25, 0.3) is 5.91 Å². The van der Waals surface area contributed by atoms with Crippen molar-refractivity contribution < 1.29 is 13.9 Å². The fraction of sp³-hybridized carbons (Fsp3) is 0.300. The van der Waals surface area contributed by atoms with Gasteiger partial charge in [0.1, 0.15) is 18.1 Å². The number of fused-ring (bicyclic) bond motifs is 3. The second-order valence-electron chi connectivity index (χ2n) is 6.58. The second kappa shape index (κ2) is 6.71. The predicted molar refractivity (Wildman–Crippen MR) is 96.9 cm³/mol. The number of aryl methyl sites for hydroxylation is 2. The van der Waals surface area contributed by atoms with Gasteiger partial charge in [0, 0.05) is 30.6 Å². The van der Waals surface area contributed by atoms with Crippen molar-refractivity contribution in [3.8, 4) is 17.0 Å². The lowest BCUT2D eigenvalue weighted by atomic mass is 10.0. The van der Waals surface area contributed by atoms with Crippen molar-refractivity contribution in [3.05, 3.63) is 59.7 Å². The van der Waals surface area contributed by atoms with Gasteiger partial charge in [-0.25, -0.2) is 0 Å². The Morgan fingerprint density at radius 3 is 2.96 bits per heavy atom. The van der Waals surface area contributed by atoms with Crippen LogP contribution in [0.4, 0.5) is 0 Å². The number of rotatable bonds is 5. The number of nitrogens with zero attached hydrogens (tertiary/aromatic N) is 2. The quantitative estimate of drug-likeness (QED) is 0.765. The molecule has 0 radical (unpaired) electrons. The van der Waals surface area contributed by atoms with Gasteiger partial charge in [-0.05, 0) is 37.6 Å². The van der Waals surface area contributed by atoms with E-state index in [-0.39, 0.29) is 11.9 Å². The van der Waals surface area contributed by atoms with E-state index in [1.54, 1.807) is 10.9 Å². The topological polar surface area (TPSA) is 69.3 Å². The Bertz CT molecular complexity index is 928. The number of aromatic nitrogens is 2. The van der Waals surface area contributed by atoms with E-state index < -0.39 is 0 Å². The molecule has 3 heterocycles. The van der Waals surface area contributed by atoms with Crippen LogP contribution in [-0.2, 0) is 20.1 Å². The highest BCUT2D eigenvalue weighted by Gasteiger charge is 2.28. The van der Waals surface area contributed by atoms with Crippen molar-refractivity contribution in [1.29, 1.82) is 0 Å². The summed E-state index contributed by atoms with van der Waals surface area (Å²) in [5.74, 6) is 1.57. The molecule has 0 saturated carbocycles. The maximum atomic E-state index is 12.7. The Balaban J connectivity index is 1.51. The van der Waals surface area contributed by atoms with E-state index in [4.69, 9.17) is 9.15 Å². The zero-order valence-electron chi connectivity index (χ0n) is 14.9. The molecule has 3 aromatic rings. The minimum absolute atomic E-state index is 0.0158. The second-order valence-corrected chi connectivity index (χ2v) is 6.58. The number of nitrogens with one attached hydrogen (secondary N) is 1. The smallest absolute Gasteiger partial charge is 0.272 e. The molecule has 0 fully saturated rings. The Labute approximate surface area is 151 Å². The molecule has 134 valence electrons. The number of carbonyl (C=O) groups is 1. The van der Waals surface area contributed by atoms with Gasteiger partial charge in [-0.1, -0.05) is 12.1 Å². The van der Waals surface area contributed by atoms with E-state index in [0.717, 1.165) is 41.2 Å². The Morgan fingerprint density at radius 1 is 1.31 bits per heavy atom. The molecule has 2 aromatic heterocycles. The highest BCUT2D eigenvalue weighted by atomic mass is 16.5. The molecule has 1 amide bonds. The number of para-hydroxylation sites is 1. The molecule has 0 aliphatic carbocycles. The summed E-state index contributed by atoms with van der Waals surface area (Å²) in [5, 5.41) is 7.49. The summed E-state index contributed by atoms with van der Waals surface area (Å²) in [7, 11) is 1.86. The van der Waals surface area contributed by atoms with Crippen LogP contribution in [0.3, 0.4) is 0 Å². The highest BCUT2D eigenvalue weighted by molar-refractivity contribution is 5.96. The maximum Gasteiger partial charge on any atom is 0.272 e. The zero-order chi connectivity index (χ0) is 18.1. The molecule has 6 heteroatoms. The van der Waals surface area contributed by atoms with Crippen molar-refractivity contribution >= 4 is 5.91 Å². The van der Waals surface area contributed by atoms with E-state index >= 15 is 0 Å². The fourth-order valence-corrected chi connectivity index (χ4v) is 3.34. The van der Waals surface area contributed by atoms with Crippen LogP contribution in [0.15, 0.2) is 47.1 Å². The summed E-state index contributed by atoms with van der Waals surface area (Å²) in [6, 6.07) is 11.6. The number of benzene rings is 1. The molecule has 0 saturated heterocycles. The molecule has 0 unspecified atom stereocenters. The van der Waals surface area contributed by atoms with Crippen molar-refractivity contribution in [2.75, 3.05) is 0 Å². The lowest BCUT2D eigenvalue weighted by Crippen LogP contribution is -2.34. The zero-order valence-corrected chi connectivity index (χ0v) is 14.9. The minimum Gasteiger partial charge on any atom is -0.488 e. The highest BCUT2D eigenvalue weighted by Crippen LogP contribution is 2.38. The Morgan fingerprint density at radius 2 is 2.15 bits per heavy atom. The number of amides is 1. The van der Waals surface area contributed by atoms with Gasteiger partial charge in [0.15, 0.2) is 5.69 Å². The summed E-state index contributed by atoms with van der Waals surface area (Å²) < 4.78 is 12.9. The third-order valence-corrected chi connectivity index (χ3v) is 4.66. The van der Waals surface area contributed by atoms with Gasteiger partial charge in [-0.3, -0.25) is 9.48 Å². The molecule has 1 N–H and O–H groups in total. The monoisotopic (exact) mass is 351 g/mol. The first-order valence-corrected chi connectivity index (χ1v) is 8.75. The van der Waals surface area contributed by atoms with E-state index in [2.05, 4.69) is 10.4 Å². The van der Waals surface area contributed by atoms with Crippen LogP contribution in [0.5, 0.6) is 5.75 Å². The lowest BCUT2D eigenvalue weighted by Gasteiger charge is -2.19. The van der Waals surface area contributed by atoms with Gasteiger partial charge < -0.3 is 14.5 Å². The van der Waals surface area contributed by atoms with Crippen LogP contribution in [0, 0.1) is 0 Å². The molecule has 4 rings (SSSR count). The molecule has 0 spiro atoms. The predicted octanol–water partition coefficient (Wildman–Crippen LogP) is 3.32. The van der Waals surface area contributed by atoms with E-state index in [1.165, 1.54) is 0 Å². The van der Waals surface area contributed by atoms with E-state index in [9.17, 15) is 4.79 Å². The van der Waals surface area contributed by atoms with Crippen LogP contribution in [-0.4, -0.2) is 21.7 Å². The molecule has 1 aliphatic rings. The third-order valence-electron chi connectivity index (χ3n) is 4.66. The Hall–Kier alpha value is -3.02. The average molecular weight is 351 g/mol. The van der Waals surface area contributed by atoms with Gasteiger partial charge in [-0.2, -0.15) is 5.10 Å². The Kier molecular flexibility index (Phi) is 4.24. The lowest BCUT2D eigenvalue weighted by molar-refractivity contribution is 0.0930. The summed E-state index contributed by atoms with van der Waals surface area (Å²) in [4.78, 5) is 12.7. The summed E-state index contributed by atoms with van der Waals surface area (Å²) >= 11 is 0. The summed E-state index contributed by atoms with van der Waals surface area (Å²) in [5.41, 5.74) is 3.18. The molecule has 1 atom stereocenters. The molecule has 0 bridgehead atoms. The SMILES string of the molecule is C[C@@H](CCc1ccco1)NC(=O)c1nn(C)c2c1COc1ccccc1-2. The van der Waals surface area contributed by atoms with E-state index in [0.29, 0.717) is 12.3 Å². The van der Waals surface area contributed by atoms with Crippen LogP contribution < -0.4 is 10.1 Å². The fourth-order valence-electron chi connectivity index (χ4n) is 3.34. The number of hydrogen-bond acceptors (Lipinski definition) is 4. The minimum atomic E-state index is -0.170. The van der Waals surface area contributed by atoms with Crippen molar-refractivity contribution in [2.24, 2.45) is 7.05 Å². The number of carbonyl (C=O) groups excluding carboxylic acids is 1. The third kappa shape index (κ3) is 2.98. The molecular formula is C20H21N3O3. The maximum absolute atomic E-state index is 12.7. The van der Waals surface area contributed by atoms with Gasteiger partial charge in [0.2, 0.25) is 0 Å². The van der Waals surface area contributed by atoms with Crippen LogP contribution in [0.25, 0.3) is 11.3 Å². The van der Waals surface area contributed by atoms with Crippen LogP contribution >= 0.6 is 0 Å². The van der Waals surface area contributed by atoms with Crippen LogP contribution in [0.2, 0.25) is 0 Å². The standard InChI is InChI=1S/C20H21N3O3/c1-13(9-10-14-6-5-11-25-14)21-20(24)18-16-12-26-17-8-4-3-7-15(17)19(16)23(2)22-18/h3-8,11,13H,9-10,12H2,1-2H3,(H,21,24)/t13-/m0/s1. The number of hydrogen-bond donors (Lipinski definition) is 1. The normalized spacial score (nSPS) is 13.5. The molecule has 1 aliphatic heterocycles. The summed E-state index contributed by atoms with van der Waals surface area (Å²) in [6.07, 6.45) is 3.25. The largest absolute Gasteiger partial charge is 0.488 e. The first-order valence-electron chi connectivity index (χ1n) is 8.75. The molecule has 26 heavy (non-hydrogen) atoms. The van der Waals surface area contributed by atoms with Crippen LogP contribution in [0.1, 0.15) is 35.2 Å². The van der Waals surface area contributed by atoms with Crippen molar-refractivity contribution in [1.82, 2.24) is 15.1 Å². The molecule has 6 nitrogen and oxygen atoms in total. The number of ether oxygens (including phenoxy) is 1. The summed E-state index contributed by atoms with van der Waals surface area (Å²) in [6.45, 7) is 2.34. The van der Waals surface area contributed by atoms with E-state index in [1.807, 2.05) is 50.4 Å². The first-order chi connectivity index (χ1) is 12.6. The average Bonchev–Trinajstić information content (AvgIpc) is 3.28. The van der Waals surface area contributed by atoms with Crippen molar-refractivity contribution in [3.63, 3.8) is 0 Å². The van der Waals surface area contributed by atoms with Gasteiger partial charge in [0.05, 0.1) is 12.0 Å². The van der Waals surface area contributed by atoms with Gasteiger partial charge in [-0.15, -0.1) is 0 Å². The van der Waals surface area contributed by atoms with Crippen molar-refractivity contribution in [2.45, 2.75) is 32.4 Å².